The largest absolute Gasteiger partial charge is 0.480 e. The maximum atomic E-state index is 11.0. The van der Waals surface area contributed by atoms with Gasteiger partial charge in [0.25, 0.3) is 5.69 Å². The predicted molar refractivity (Wildman–Crippen MR) is 97.4 cm³/mol. The van der Waals surface area contributed by atoms with Crippen LogP contribution in [-0.2, 0) is 0 Å². The zero-order valence-electron chi connectivity index (χ0n) is 12.7. The molecule has 0 N–H and O–H groups in total. The number of benzene rings is 2. The van der Waals surface area contributed by atoms with Crippen LogP contribution in [0.15, 0.2) is 36.4 Å². The van der Waals surface area contributed by atoms with Crippen LogP contribution in [0.5, 0.6) is 5.75 Å². The number of terminal acetylenes is 1. The van der Waals surface area contributed by atoms with Gasteiger partial charge in [-0.3, -0.25) is 10.1 Å². The minimum absolute atomic E-state index is 0.00664. The summed E-state index contributed by atoms with van der Waals surface area (Å²) in [6.07, 6.45) is 6.65. The summed E-state index contributed by atoms with van der Waals surface area (Å²) >= 11 is 11.9. The minimum Gasteiger partial charge on any atom is -0.480 e. The summed E-state index contributed by atoms with van der Waals surface area (Å²) in [5, 5.41) is 21.1. The van der Waals surface area contributed by atoms with Crippen LogP contribution >= 0.6 is 23.2 Å². The third-order valence-electron chi connectivity index (χ3n) is 3.17. The van der Waals surface area contributed by atoms with Gasteiger partial charge in [-0.05, 0) is 29.8 Å². The fourth-order valence-corrected chi connectivity index (χ4v) is 2.31. The maximum Gasteiger partial charge on any atom is 0.270 e. The summed E-state index contributed by atoms with van der Waals surface area (Å²) < 4.78 is 5.39. The fraction of sp³-hybridized carbons (Fsp3) is 0.0556. The monoisotopic (exact) mass is 372 g/mol. The Morgan fingerprint density at radius 1 is 1.28 bits per heavy atom. The molecule has 0 saturated carbocycles. The molecule has 0 bridgehead atoms. The van der Waals surface area contributed by atoms with E-state index < -0.39 is 4.92 Å². The van der Waals surface area contributed by atoms with Crippen LogP contribution in [0.25, 0.3) is 11.6 Å². The van der Waals surface area contributed by atoms with Crippen molar-refractivity contribution in [2.75, 3.05) is 6.61 Å². The Hall–Kier alpha value is -2.99. The highest BCUT2D eigenvalue weighted by Gasteiger charge is 2.12. The number of non-ortho nitro benzene ring substituents is 1. The standard InChI is InChI=1S/C18H10Cl2N2O3/c1-2-7-25-18-6-4-15(22(23)24)9-13(18)8-14(11-21)12-3-5-16(19)17(20)10-12/h1,3-6,8-10H,7H2/b14-8-. The normalized spacial score (nSPS) is 10.6. The molecule has 0 aromatic heterocycles. The van der Waals surface area contributed by atoms with Crippen molar-refractivity contribution in [1.29, 1.82) is 5.26 Å². The van der Waals surface area contributed by atoms with Gasteiger partial charge in [0.15, 0.2) is 0 Å². The minimum atomic E-state index is -0.534. The lowest BCUT2D eigenvalue weighted by Gasteiger charge is -2.08. The molecule has 0 atom stereocenters. The Kier molecular flexibility index (Phi) is 6.03. The summed E-state index contributed by atoms with van der Waals surface area (Å²) in [4.78, 5) is 10.5. The van der Waals surface area contributed by atoms with Crippen molar-refractivity contribution in [3.05, 3.63) is 67.7 Å². The maximum absolute atomic E-state index is 11.0. The number of rotatable bonds is 5. The van der Waals surface area contributed by atoms with E-state index in [1.807, 2.05) is 6.07 Å². The van der Waals surface area contributed by atoms with Gasteiger partial charge in [-0.2, -0.15) is 5.26 Å². The van der Waals surface area contributed by atoms with Crippen LogP contribution < -0.4 is 4.74 Å². The molecule has 25 heavy (non-hydrogen) atoms. The lowest BCUT2D eigenvalue weighted by Crippen LogP contribution is -1.97. The Bertz CT molecular complexity index is 940. The van der Waals surface area contributed by atoms with Gasteiger partial charge in [-0.1, -0.05) is 35.2 Å². The van der Waals surface area contributed by atoms with Crippen molar-refractivity contribution < 1.29 is 9.66 Å². The molecule has 0 unspecified atom stereocenters. The molecule has 0 fully saturated rings. The molecule has 0 aliphatic carbocycles. The van der Waals surface area contributed by atoms with Gasteiger partial charge in [0, 0.05) is 17.7 Å². The molecular formula is C18H10Cl2N2O3. The highest BCUT2D eigenvalue weighted by molar-refractivity contribution is 6.42. The Morgan fingerprint density at radius 2 is 2.04 bits per heavy atom. The second-order valence-corrected chi connectivity index (χ2v) is 5.59. The molecule has 2 aromatic rings. The third-order valence-corrected chi connectivity index (χ3v) is 3.91. The van der Waals surface area contributed by atoms with Crippen molar-refractivity contribution >= 4 is 40.5 Å². The molecule has 0 aliphatic rings. The first-order chi connectivity index (χ1) is 12.0. The van der Waals surface area contributed by atoms with Crippen molar-refractivity contribution in [1.82, 2.24) is 0 Å². The van der Waals surface area contributed by atoms with Crippen LogP contribution in [0.4, 0.5) is 5.69 Å². The summed E-state index contributed by atoms with van der Waals surface area (Å²) in [5.41, 5.74) is 0.980. The van der Waals surface area contributed by atoms with Crippen molar-refractivity contribution in [3.63, 3.8) is 0 Å². The van der Waals surface area contributed by atoms with Crippen molar-refractivity contribution in [3.8, 4) is 24.2 Å². The molecule has 7 heteroatoms. The average Bonchev–Trinajstić information content (AvgIpc) is 2.60. The average molecular weight is 373 g/mol. The van der Waals surface area contributed by atoms with Gasteiger partial charge in [0.2, 0.25) is 0 Å². The van der Waals surface area contributed by atoms with E-state index in [9.17, 15) is 15.4 Å². The van der Waals surface area contributed by atoms with Crippen LogP contribution in [0, 0.1) is 33.8 Å². The summed E-state index contributed by atoms with van der Waals surface area (Å²) in [6, 6.07) is 10.8. The smallest absolute Gasteiger partial charge is 0.270 e. The molecule has 0 aliphatic heterocycles. The second kappa shape index (κ2) is 8.21. The van der Waals surface area contributed by atoms with E-state index in [2.05, 4.69) is 5.92 Å². The number of nitro benzene ring substituents is 1. The zero-order valence-corrected chi connectivity index (χ0v) is 14.2. The van der Waals surface area contributed by atoms with Crippen LogP contribution in [0.3, 0.4) is 0 Å². The Labute approximate surface area is 154 Å². The van der Waals surface area contributed by atoms with E-state index in [0.717, 1.165) is 0 Å². The third kappa shape index (κ3) is 4.51. The van der Waals surface area contributed by atoms with Gasteiger partial charge in [-0.25, -0.2) is 0 Å². The van der Waals surface area contributed by atoms with E-state index in [0.29, 0.717) is 26.9 Å². The first kappa shape index (κ1) is 18.4. The number of hydrogen-bond acceptors (Lipinski definition) is 4. The van der Waals surface area contributed by atoms with Gasteiger partial charge >= 0.3 is 0 Å². The Morgan fingerprint density at radius 3 is 2.64 bits per heavy atom. The van der Waals surface area contributed by atoms with Crippen LogP contribution in [0.2, 0.25) is 10.0 Å². The summed E-state index contributed by atoms with van der Waals surface area (Å²) in [6.45, 7) is -0.00664. The quantitative estimate of drug-likeness (QED) is 0.244. The highest BCUT2D eigenvalue weighted by Crippen LogP contribution is 2.31. The number of nitriles is 1. The lowest BCUT2D eigenvalue weighted by molar-refractivity contribution is -0.384. The summed E-state index contributed by atoms with van der Waals surface area (Å²) in [5.74, 6) is 2.65. The summed E-state index contributed by atoms with van der Waals surface area (Å²) in [7, 11) is 0. The van der Waals surface area contributed by atoms with Gasteiger partial charge in [0.05, 0.1) is 26.6 Å². The van der Waals surface area contributed by atoms with Crippen molar-refractivity contribution in [2.24, 2.45) is 0 Å². The molecular weight excluding hydrogens is 363 g/mol. The van der Waals surface area contributed by atoms with Gasteiger partial charge < -0.3 is 4.74 Å². The topological polar surface area (TPSA) is 76.2 Å². The zero-order chi connectivity index (χ0) is 18.4. The number of hydrogen-bond donors (Lipinski definition) is 0. The fourth-order valence-electron chi connectivity index (χ4n) is 2.01. The van der Waals surface area contributed by atoms with Crippen LogP contribution in [0.1, 0.15) is 11.1 Å². The first-order valence-corrected chi connectivity index (χ1v) is 7.63. The molecule has 0 radical (unpaired) electrons. The molecule has 0 saturated heterocycles. The van der Waals surface area contributed by atoms with E-state index in [1.54, 1.807) is 12.1 Å². The molecule has 0 heterocycles. The van der Waals surface area contributed by atoms with Gasteiger partial charge in [0.1, 0.15) is 12.4 Å². The molecule has 124 valence electrons. The van der Waals surface area contributed by atoms with Crippen LogP contribution in [-0.4, -0.2) is 11.5 Å². The van der Waals surface area contributed by atoms with Gasteiger partial charge in [-0.15, -0.1) is 6.42 Å². The second-order valence-electron chi connectivity index (χ2n) is 4.77. The first-order valence-electron chi connectivity index (χ1n) is 6.88. The molecule has 2 aromatic carbocycles. The molecule has 0 spiro atoms. The SMILES string of the molecule is C#CCOc1ccc([N+](=O)[O-])cc1/C=C(/C#N)c1ccc(Cl)c(Cl)c1. The molecule has 0 amide bonds. The molecule has 5 nitrogen and oxygen atoms in total. The lowest BCUT2D eigenvalue weighted by atomic mass is 10.0. The molecule has 2 rings (SSSR count). The number of halogens is 2. The van der Waals surface area contributed by atoms with E-state index in [1.165, 1.54) is 30.3 Å². The number of nitrogens with zero attached hydrogens (tertiary/aromatic N) is 2. The van der Waals surface area contributed by atoms with Crippen molar-refractivity contribution in [2.45, 2.75) is 0 Å². The predicted octanol–water partition coefficient (Wildman–Crippen LogP) is 4.98. The number of allylic oxidation sites excluding steroid dienone is 1. The highest BCUT2D eigenvalue weighted by atomic mass is 35.5. The van der Waals surface area contributed by atoms with E-state index >= 15 is 0 Å². The van der Waals surface area contributed by atoms with E-state index in [4.69, 9.17) is 34.4 Å². The number of ether oxygens (including phenoxy) is 1. The number of nitro groups is 1. The van der Waals surface area contributed by atoms with E-state index in [-0.39, 0.29) is 17.9 Å². The Balaban J connectivity index is 2.56.